The van der Waals surface area contributed by atoms with Gasteiger partial charge in [-0.05, 0) is 99.8 Å². The predicted octanol–water partition coefficient (Wildman–Crippen LogP) is 16.8. The van der Waals surface area contributed by atoms with Crippen LogP contribution in [0.15, 0.2) is 231 Å². The molecule has 0 unspecified atom stereocenters. The maximum absolute atomic E-state index is 2.47. The highest BCUT2D eigenvalue weighted by molar-refractivity contribution is 7.26. The minimum atomic E-state index is 1.10. The molecule has 10 aromatic carbocycles. The molecule has 0 bridgehead atoms. The van der Waals surface area contributed by atoms with Crippen molar-refractivity contribution < 1.29 is 0 Å². The molecule has 0 aliphatic rings. The molecule has 0 spiro atoms. The molecule has 2 heterocycles. The van der Waals surface area contributed by atoms with E-state index in [0.717, 1.165) is 11.4 Å². The van der Waals surface area contributed by atoms with E-state index >= 15 is 0 Å². The summed E-state index contributed by atoms with van der Waals surface area (Å²) in [7, 11) is 0. The molecule has 0 N–H and O–H groups in total. The molecular formula is C58H38N2S. The number of aromatic nitrogens is 1. The lowest BCUT2D eigenvalue weighted by atomic mass is 9.97. The van der Waals surface area contributed by atoms with Crippen LogP contribution in [0.25, 0.3) is 91.8 Å². The normalized spacial score (nSPS) is 11.6. The second kappa shape index (κ2) is 14.5. The molecule has 3 heteroatoms. The van der Waals surface area contributed by atoms with Crippen LogP contribution >= 0.6 is 11.3 Å². The summed E-state index contributed by atoms with van der Waals surface area (Å²) >= 11 is 1.86. The van der Waals surface area contributed by atoms with Crippen LogP contribution < -0.4 is 4.90 Å². The van der Waals surface area contributed by atoms with E-state index in [1.165, 1.54) is 97.5 Å². The molecule has 12 aromatic rings. The van der Waals surface area contributed by atoms with E-state index in [0.29, 0.717) is 0 Å². The van der Waals surface area contributed by atoms with Crippen LogP contribution in [-0.4, -0.2) is 4.57 Å². The van der Waals surface area contributed by atoms with Crippen LogP contribution in [0, 0.1) is 0 Å². The summed E-state index contributed by atoms with van der Waals surface area (Å²) in [6.07, 6.45) is 0. The van der Waals surface area contributed by atoms with Crippen LogP contribution in [0.3, 0.4) is 0 Å². The highest BCUT2D eigenvalue weighted by Gasteiger charge is 2.22. The van der Waals surface area contributed by atoms with E-state index in [9.17, 15) is 0 Å². The number of fused-ring (bicyclic) bond motifs is 7. The number of para-hydroxylation sites is 4. The Morgan fingerprint density at radius 2 is 0.918 bits per heavy atom. The van der Waals surface area contributed by atoms with Crippen molar-refractivity contribution in [1.29, 1.82) is 0 Å². The van der Waals surface area contributed by atoms with Crippen LogP contribution in [0.4, 0.5) is 17.1 Å². The van der Waals surface area contributed by atoms with Gasteiger partial charge in [-0.15, -0.1) is 11.3 Å². The lowest BCUT2D eigenvalue weighted by Crippen LogP contribution is -2.11. The molecule has 0 fully saturated rings. The van der Waals surface area contributed by atoms with Gasteiger partial charge in [0.1, 0.15) is 0 Å². The lowest BCUT2D eigenvalue weighted by Gasteiger charge is -2.29. The van der Waals surface area contributed by atoms with Crippen molar-refractivity contribution in [3.8, 4) is 39.1 Å². The number of hydrogen-bond acceptors (Lipinski definition) is 2. The third kappa shape index (κ3) is 5.93. The lowest BCUT2D eigenvalue weighted by molar-refractivity contribution is 1.18. The maximum atomic E-state index is 2.47. The van der Waals surface area contributed by atoms with Crippen molar-refractivity contribution in [2.24, 2.45) is 0 Å². The van der Waals surface area contributed by atoms with Crippen molar-refractivity contribution in [1.82, 2.24) is 4.57 Å². The summed E-state index contributed by atoms with van der Waals surface area (Å²) in [5.41, 5.74) is 14.1. The summed E-state index contributed by atoms with van der Waals surface area (Å²) in [5.74, 6) is 0. The first-order valence-electron chi connectivity index (χ1n) is 20.8. The summed E-state index contributed by atoms with van der Waals surface area (Å²) in [5, 5.41) is 7.55. The first kappa shape index (κ1) is 35.2. The summed E-state index contributed by atoms with van der Waals surface area (Å²) in [6.45, 7) is 0. The van der Waals surface area contributed by atoms with Crippen molar-refractivity contribution in [2.75, 3.05) is 4.90 Å². The molecule has 12 rings (SSSR count). The minimum Gasteiger partial charge on any atom is -0.309 e. The van der Waals surface area contributed by atoms with Gasteiger partial charge in [0.05, 0.1) is 28.1 Å². The second-order valence-electron chi connectivity index (χ2n) is 15.7. The fourth-order valence-corrected chi connectivity index (χ4v) is 10.5. The average Bonchev–Trinajstić information content (AvgIpc) is 3.88. The minimum absolute atomic E-state index is 1.10. The standard InChI is InChI=1S/C58H38N2S/c1-2-16-41-38-44(32-31-39(41)15-1)47-20-3-8-24-51(47)59(55-28-14-30-57-58(55)50-23-7-12-29-56(50)61-57)45-35-33-40(34-36-45)42-17-13-18-43(37-42)46-19-4-9-25-52(46)60-53-26-10-5-21-48(53)49-22-6-11-27-54(49)60/h1-38H. The van der Waals surface area contributed by atoms with Crippen molar-refractivity contribution in [3.63, 3.8) is 0 Å². The van der Waals surface area contributed by atoms with E-state index in [2.05, 4.69) is 240 Å². The Hall–Kier alpha value is -7.72. The maximum Gasteiger partial charge on any atom is 0.0555 e. The van der Waals surface area contributed by atoms with Crippen LogP contribution in [0.2, 0.25) is 0 Å². The number of anilines is 3. The van der Waals surface area contributed by atoms with Crippen molar-refractivity contribution in [3.05, 3.63) is 231 Å². The number of thiophene rings is 1. The van der Waals surface area contributed by atoms with Crippen LogP contribution in [-0.2, 0) is 0 Å². The molecule has 0 atom stereocenters. The Kier molecular flexibility index (Phi) is 8.39. The zero-order valence-corrected chi connectivity index (χ0v) is 34.1. The Labute approximate surface area is 358 Å². The Balaban J connectivity index is 0.991. The largest absolute Gasteiger partial charge is 0.309 e. The van der Waals surface area contributed by atoms with Gasteiger partial charge in [0.15, 0.2) is 0 Å². The monoisotopic (exact) mass is 794 g/mol. The number of rotatable bonds is 7. The van der Waals surface area contributed by atoms with Crippen molar-refractivity contribution in [2.45, 2.75) is 0 Å². The van der Waals surface area contributed by atoms with E-state index < -0.39 is 0 Å². The van der Waals surface area contributed by atoms with Gasteiger partial charge in [-0.1, -0.05) is 164 Å². The number of nitrogens with zero attached hydrogens (tertiary/aromatic N) is 2. The summed E-state index contributed by atoms with van der Waals surface area (Å²) < 4.78 is 4.99. The first-order valence-corrected chi connectivity index (χ1v) is 21.7. The Bertz CT molecular complexity index is 3560. The average molecular weight is 795 g/mol. The first-order chi connectivity index (χ1) is 30.3. The van der Waals surface area contributed by atoms with Crippen LogP contribution in [0.1, 0.15) is 0 Å². The van der Waals surface area contributed by atoms with Gasteiger partial charge in [-0.3, -0.25) is 0 Å². The molecule has 2 nitrogen and oxygen atoms in total. The van der Waals surface area contributed by atoms with E-state index in [-0.39, 0.29) is 0 Å². The zero-order chi connectivity index (χ0) is 40.3. The van der Waals surface area contributed by atoms with Gasteiger partial charge < -0.3 is 9.47 Å². The van der Waals surface area contributed by atoms with Gasteiger partial charge >= 0.3 is 0 Å². The van der Waals surface area contributed by atoms with E-state index in [1.807, 2.05) is 11.3 Å². The third-order valence-electron chi connectivity index (χ3n) is 12.2. The zero-order valence-electron chi connectivity index (χ0n) is 33.2. The Morgan fingerprint density at radius 1 is 0.344 bits per heavy atom. The number of hydrogen-bond donors (Lipinski definition) is 0. The van der Waals surface area contributed by atoms with Crippen molar-refractivity contribution >= 4 is 81.1 Å². The van der Waals surface area contributed by atoms with Gasteiger partial charge in [0.25, 0.3) is 0 Å². The van der Waals surface area contributed by atoms with Gasteiger partial charge in [-0.25, -0.2) is 0 Å². The smallest absolute Gasteiger partial charge is 0.0555 e. The fourth-order valence-electron chi connectivity index (χ4n) is 9.38. The van der Waals surface area contributed by atoms with Gasteiger partial charge in [0.2, 0.25) is 0 Å². The summed E-state index contributed by atoms with van der Waals surface area (Å²) in [6, 6.07) is 84.2. The molecule has 61 heavy (non-hydrogen) atoms. The molecule has 0 aliphatic carbocycles. The Morgan fingerprint density at radius 3 is 1.74 bits per heavy atom. The summed E-state index contributed by atoms with van der Waals surface area (Å²) in [4.78, 5) is 2.47. The molecule has 0 amide bonds. The van der Waals surface area contributed by atoms with Gasteiger partial charge in [0, 0.05) is 47.8 Å². The molecule has 0 radical (unpaired) electrons. The highest BCUT2D eigenvalue weighted by atomic mass is 32.1. The molecule has 0 aliphatic heterocycles. The quantitative estimate of drug-likeness (QED) is 0.156. The second-order valence-corrected chi connectivity index (χ2v) is 16.8. The molecule has 2 aromatic heterocycles. The fraction of sp³-hybridized carbons (Fsp3) is 0. The van der Waals surface area contributed by atoms with Gasteiger partial charge in [-0.2, -0.15) is 0 Å². The van der Waals surface area contributed by atoms with E-state index in [4.69, 9.17) is 0 Å². The SMILES string of the molecule is c1cc(-c2ccc(N(c3ccccc3-c3ccc4ccccc4c3)c3cccc4sc5ccccc5c34)cc2)cc(-c2ccccc2-n2c3ccccc3c3ccccc32)c1. The molecular weight excluding hydrogens is 757 g/mol. The van der Waals surface area contributed by atoms with Crippen LogP contribution in [0.5, 0.6) is 0 Å². The topological polar surface area (TPSA) is 8.17 Å². The molecule has 286 valence electrons. The number of benzene rings is 10. The predicted molar refractivity (Wildman–Crippen MR) is 262 cm³/mol. The highest BCUT2D eigenvalue weighted by Crippen LogP contribution is 2.48. The molecule has 0 saturated carbocycles. The van der Waals surface area contributed by atoms with E-state index in [1.54, 1.807) is 0 Å². The molecule has 0 saturated heterocycles. The third-order valence-corrected chi connectivity index (χ3v) is 13.3.